The number of halogens is 3. The van der Waals surface area contributed by atoms with Crippen LogP contribution in [0.15, 0.2) is 49.2 Å². The number of rotatable bonds is 7. The van der Waals surface area contributed by atoms with Crippen LogP contribution in [0, 0.1) is 0 Å². The number of pyridine rings is 1. The summed E-state index contributed by atoms with van der Waals surface area (Å²) < 4.78 is 42.8. The molecular formula is C21H20F3N5O3. The number of alkyl halides is 3. The summed E-state index contributed by atoms with van der Waals surface area (Å²) in [6, 6.07) is 7.11. The molecule has 32 heavy (non-hydrogen) atoms. The van der Waals surface area contributed by atoms with E-state index in [0.29, 0.717) is 35.3 Å². The molecule has 0 aliphatic heterocycles. The number of nitrogens with zero attached hydrogens (tertiary/aromatic N) is 3. The Balaban J connectivity index is 1.72. The van der Waals surface area contributed by atoms with Gasteiger partial charge in [0, 0.05) is 17.9 Å². The Labute approximate surface area is 180 Å². The van der Waals surface area contributed by atoms with Gasteiger partial charge < -0.3 is 20.5 Å². The second-order valence-electron chi connectivity index (χ2n) is 7.35. The second-order valence-corrected chi connectivity index (χ2v) is 7.35. The molecule has 0 bridgehead atoms. The monoisotopic (exact) mass is 447 g/mol. The third-order valence-corrected chi connectivity index (χ3v) is 5.04. The van der Waals surface area contributed by atoms with E-state index >= 15 is 0 Å². The fourth-order valence-electron chi connectivity index (χ4n) is 3.50. The molecule has 1 aromatic carbocycles. The van der Waals surface area contributed by atoms with Crippen molar-refractivity contribution in [2.75, 3.05) is 5.32 Å². The SMILES string of the molecule is C=CC(=O)NCc1nn(-c2ccc(OC(F)(F)F)cc2)c2nccc(N[C@H]3C[C@@H](O)C3)c12. The molecule has 1 aliphatic carbocycles. The molecule has 1 amide bonds. The maximum atomic E-state index is 12.4. The molecule has 8 nitrogen and oxygen atoms in total. The lowest BCUT2D eigenvalue weighted by atomic mass is 9.89. The van der Waals surface area contributed by atoms with Gasteiger partial charge in [-0.15, -0.1) is 13.2 Å². The van der Waals surface area contributed by atoms with E-state index < -0.39 is 6.36 Å². The number of hydrogen-bond donors (Lipinski definition) is 3. The molecule has 0 unspecified atom stereocenters. The highest BCUT2D eigenvalue weighted by Crippen LogP contribution is 2.32. The average Bonchev–Trinajstić information content (AvgIpc) is 3.10. The van der Waals surface area contributed by atoms with Gasteiger partial charge in [0.2, 0.25) is 5.91 Å². The number of aliphatic hydroxyl groups is 1. The minimum Gasteiger partial charge on any atom is -0.406 e. The molecule has 1 fully saturated rings. The number of aliphatic hydroxyl groups excluding tert-OH is 1. The second kappa shape index (κ2) is 8.50. The highest BCUT2D eigenvalue weighted by atomic mass is 19.4. The first-order chi connectivity index (χ1) is 15.2. The Kier molecular flexibility index (Phi) is 5.74. The van der Waals surface area contributed by atoms with Gasteiger partial charge in [-0.05, 0) is 49.2 Å². The zero-order valence-corrected chi connectivity index (χ0v) is 16.8. The van der Waals surface area contributed by atoms with Crippen LogP contribution in [0.2, 0.25) is 0 Å². The van der Waals surface area contributed by atoms with Crippen molar-refractivity contribution in [3.63, 3.8) is 0 Å². The molecule has 3 N–H and O–H groups in total. The first kappa shape index (κ1) is 21.6. The summed E-state index contributed by atoms with van der Waals surface area (Å²) in [6.07, 6.45) is -1.16. The van der Waals surface area contributed by atoms with Crippen LogP contribution in [-0.2, 0) is 11.3 Å². The molecule has 2 aromatic heterocycles. The Morgan fingerprint density at radius 1 is 1.28 bits per heavy atom. The number of anilines is 1. The van der Waals surface area contributed by atoms with Crippen molar-refractivity contribution in [1.29, 1.82) is 0 Å². The minimum absolute atomic E-state index is 0.0911. The Morgan fingerprint density at radius 2 is 2.00 bits per heavy atom. The van der Waals surface area contributed by atoms with Crippen LogP contribution in [0.4, 0.5) is 18.9 Å². The van der Waals surface area contributed by atoms with Crippen LogP contribution in [-0.4, -0.2) is 44.3 Å². The number of ether oxygens (including phenoxy) is 1. The van der Waals surface area contributed by atoms with Gasteiger partial charge >= 0.3 is 6.36 Å². The van der Waals surface area contributed by atoms with Crippen molar-refractivity contribution in [3.05, 3.63) is 54.9 Å². The lowest BCUT2D eigenvalue weighted by Gasteiger charge is -2.33. The van der Waals surface area contributed by atoms with Crippen molar-refractivity contribution < 1.29 is 27.8 Å². The van der Waals surface area contributed by atoms with Gasteiger partial charge in [-0.1, -0.05) is 6.58 Å². The lowest BCUT2D eigenvalue weighted by Crippen LogP contribution is -2.39. The van der Waals surface area contributed by atoms with Gasteiger partial charge in [0.15, 0.2) is 5.65 Å². The fraction of sp³-hybridized carbons (Fsp3) is 0.286. The van der Waals surface area contributed by atoms with Crippen LogP contribution < -0.4 is 15.4 Å². The van der Waals surface area contributed by atoms with E-state index in [-0.39, 0.29) is 30.3 Å². The Morgan fingerprint density at radius 3 is 2.62 bits per heavy atom. The van der Waals surface area contributed by atoms with Crippen LogP contribution in [0.3, 0.4) is 0 Å². The van der Waals surface area contributed by atoms with Crippen molar-refractivity contribution in [3.8, 4) is 11.4 Å². The molecule has 0 spiro atoms. The van der Waals surface area contributed by atoms with E-state index in [1.165, 1.54) is 28.9 Å². The first-order valence-corrected chi connectivity index (χ1v) is 9.81. The molecule has 3 aromatic rings. The summed E-state index contributed by atoms with van der Waals surface area (Å²) in [5.74, 6) is -0.725. The standard InChI is InChI=1S/C21H20F3N5O3/c1-2-18(31)26-11-17-19-16(27-12-9-14(30)10-12)7-8-25-20(19)29(28-17)13-3-5-15(6-4-13)32-21(22,23)24/h2-8,12,14,30H,1,9-11H2,(H,25,27)(H,26,31)/t12-,14+. The van der Waals surface area contributed by atoms with Crippen LogP contribution in [0.25, 0.3) is 16.7 Å². The largest absolute Gasteiger partial charge is 0.573 e. The van der Waals surface area contributed by atoms with Crippen LogP contribution in [0.1, 0.15) is 18.5 Å². The molecule has 4 rings (SSSR count). The summed E-state index contributed by atoms with van der Waals surface area (Å²) in [6.45, 7) is 3.52. The zero-order valence-electron chi connectivity index (χ0n) is 16.8. The third kappa shape index (κ3) is 4.67. The number of benzene rings is 1. The van der Waals surface area contributed by atoms with Gasteiger partial charge in [-0.2, -0.15) is 5.10 Å². The number of carbonyl (C=O) groups excluding carboxylic acids is 1. The molecule has 0 atom stereocenters. The molecular weight excluding hydrogens is 427 g/mol. The number of hydrogen-bond acceptors (Lipinski definition) is 6. The summed E-state index contributed by atoms with van der Waals surface area (Å²) >= 11 is 0. The van der Waals surface area contributed by atoms with Crippen LogP contribution >= 0.6 is 0 Å². The van der Waals surface area contributed by atoms with Gasteiger partial charge in [0.05, 0.1) is 29.4 Å². The minimum atomic E-state index is -4.78. The molecule has 168 valence electrons. The van der Waals surface area contributed by atoms with E-state index in [0.717, 1.165) is 11.8 Å². The number of nitrogens with one attached hydrogen (secondary N) is 2. The molecule has 0 saturated heterocycles. The van der Waals surface area contributed by atoms with Crippen molar-refractivity contribution in [1.82, 2.24) is 20.1 Å². The number of fused-ring (bicyclic) bond motifs is 1. The van der Waals surface area contributed by atoms with E-state index in [1.807, 2.05) is 0 Å². The van der Waals surface area contributed by atoms with Crippen LogP contribution in [0.5, 0.6) is 5.75 Å². The number of aromatic nitrogens is 3. The highest BCUT2D eigenvalue weighted by molar-refractivity contribution is 5.93. The number of amides is 1. The molecule has 11 heteroatoms. The normalized spacial score (nSPS) is 18.1. The van der Waals surface area contributed by atoms with E-state index in [9.17, 15) is 23.1 Å². The summed E-state index contributed by atoms with van der Waals surface area (Å²) in [5, 5.41) is 20.8. The number of carbonyl (C=O) groups is 1. The first-order valence-electron chi connectivity index (χ1n) is 9.81. The van der Waals surface area contributed by atoms with Gasteiger partial charge in [-0.25, -0.2) is 9.67 Å². The van der Waals surface area contributed by atoms with Gasteiger partial charge in [-0.3, -0.25) is 4.79 Å². The van der Waals surface area contributed by atoms with Crippen molar-refractivity contribution in [2.24, 2.45) is 0 Å². The lowest BCUT2D eigenvalue weighted by molar-refractivity contribution is -0.274. The summed E-state index contributed by atoms with van der Waals surface area (Å²) in [5.41, 5.74) is 2.18. The average molecular weight is 447 g/mol. The summed E-state index contributed by atoms with van der Waals surface area (Å²) in [7, 11) is 0. The van der Waals surface area contributed by atoms with Gasteiger partial charge in [0.1, 0.15) is 5.75 Å². The van der Waals surface area contributed by atoms with Crippen molar-refractivity contribution >= 4 is 22.6 Å². The Hall–Kier alpha value is -3.60. The Bertz CT molecular complexity index is 1140. The fourth-order valence-corrected chi connectivity index (χ4v) is 3.50. The zero-order chi connectivity index (χ0) is 22.9. The molecule has 2 heterocycles. The molecule has 1 saturated carbocycles. The topological polar surface area (TPSA) is 101 Å². The highest BCUT2D eigenvalue weighted by Gasteiger charge is 2.31. The third-order valence-electron chi connectivity index (χ3n) is 5.04. The maximum Gasteiger partial charge on any atom is 0.573 e. The maximum absolute atomic E-state index is 12.4. The van der Waals surface area contributed by atoms with E-state index in [1.54, 1.807) is 12.3 Å². The van der Waals surface area contributed by atoms with E-state index in [2.05, 4.69) is 32.0 Å². The predicted octanol–water partition coefficient (Wildman–Crippen LogP) is 3.06. The smallest absolute Gasteiger partial charge is 0.406 e. The van der Waals surface area contributed by atoms with Gasteiger partial charge in [0.25, 0.3) is 0 Å². The molecule has 0 radical (unpaired) electrons. The van der Waals surface area contributed by atoms with Crippen molar-refractivity contribution in [2.45, 2.75) is 37.9 Å². The summed E-state index contributed by atoms with van der Waals surface area (Å²) in [4.78, 5) is 16.1. The predicted molar refractivity (Wildman–Crippen MR) is 110 cm³/mol. The quantitative estimate of drug-likeness (QED) is 0.482. The van der Waals surface area contributed by atoms with E-state index in [4.69, 9.17) is 0 Å². The molecule has 1 aliphatic rings.